The van der Waals surface area contributed by atoms with E-state index in [-0.39, 0.29) is 5.57 Å². The van der Waals surface area contributed by atoms with Crippen LogP contribution in [0.2, 0.25) is 0 Å². The molecule has 4 aromatic rings. The van der Waals surface area contributed by atoms with E-state index < -0.39 is 18.4 Å². The Morgan fingerprint density at radius 1 is 0.743 bits per heavy atom. The van der Waals surface area contributed by atoms with E-state index in [1.54, 1.807) is 54.6 Å². The first-order chi connectivity index (χ1) is 17.1. The second-order valence-corrected chi connectivity index (χ2v) is 8.21. The van der Waals surface area contributed by atoms with Crippen LogP contribution < -0.4 is 14.2 Å². The lowest BCUT2D eigenvalue weighted by atomic mass is 10.1. The van der Waals surface area contributed by atoms with Gasteiger partial charge in [-0.1, -0.05) is 79.4 Å². The standard InChI is InChI=1S/C30H24O5/c1-20(28(31)30(33-22-12-4-2-5-13-22)34-23-14-6-3-7-15-23)29(32)35-27-18-10-17-25-24-16-9-8-11-21(24)19-26(25)27/h2-18,28,30-31H,1,19H2. The summed E-state index contributed by atoms with van der Waals surface area (Å²) in [5.41, 5.74) is 4.11. The Morgan fingerprint density at radius 2 is 1.31 bits per heavy atom. The van der Waals surface area contributed by atoms with Crippen LogP contribution in [-0.2, 0) is 11.2 Å². The summed E-state index contributed by atoms with van der Waals surface area (Å²) in [5.74, 6) is 0.654. The second kappa shape index (κ2) is 9.87. The van der Waals surface area contributed by atoms with Gasteiger partial charge in [-0.3, -0.25) is 0 Å². The van der Waals surface area contributed by atoms with E-state index in [4.69, 9.17) is 14.2 Å². The lowest BCUT2D eigenvalue weighted by Crippen LogP contribution is -2.40. The van der Waals surface area contributed by atoms with Crippen molar-refractivity contribution in [1.29, 1.82) is 0 Å². The summed E-state index contributed by atoms with van der Waals surface area (Å²) in [4.78, 5) is 13.0. The summed E-state index contributed by atoms with van der Waals surface area (Å²) in [6.07, 6.45) is -2.02. The SMILES string of the molecule is C=C(C(=O)Oc1cccc2c1Cc1ccccc1-2)C(O)C(Oc1ccccc1)Oc1ccccc1. The van der Waals surface area contributed by atoms with Crippen molar-refractivity contribution < 1.29 is 24.1 Å². The van der Waals surface area contributed by atoms with Gasteiger partial charge in [-0.05, 0) is 47.0 Å². The van der Waals surface area contributed by atoms with Crippen LogP contribution in [0.15, 0.2) is 115 Å². The van der Waals surface area contributed by atoms with Gasteiger partial charge < -0.3 is 19.3 Å². The molecule has 35 heavy (non-hydrogen) atoms. The fourth-order valence-electron chi connectivity index (χ4n) is 4.09. The first-order valence-corrected chi connectivity index (χ1v) is 11.3. The summed E-state index contributed by atoms with van der Waals surface area (Å²) in [6.45, 7) is 3.80. The third-order valence-corrected chi connectivity index (χ3v) is 5.88. The molecular formula is C30H24O5. The summed E-state index contributed by atoms with van der Waals surface area (Å²) in [5, 5.41) is 11.0. The number of carbonyl (C=O) groups is 1. The molecule has 0 saturated carbocycles. The number of aliphatic hydroxyl groups is 1. The number of hydrogen-bond donors (Lipinski definition) is 1. The molecule has 1 aliphatic carbocycles. The highest BCUT2D eigenvalue weighted by Gasteiger charge is 2.32. The maximum atomic E-state index is 13.0. The summed E-state index contributed by atoms with van der Waals surface area (Å²) in [7, 11) is 0. The molecule has 4 aromatic carbocycles. The molecule has 0 heterocycles. The van der Waals surface area contributed by atoms with Gasteiger partial charge in [-0.25, -0.2) is 4.79 Å². The van der Waals surface area contributed by atoms with Crippen LogP contribution >= 0.6 is 0 Å². The Morgan fingerprint density at radius 3 is 1.97 bits per heavy atom. The molecule has 1 N–H and O–H groups in total. The third kappa shape index (κ3) is 4.81. The van der Waals surface area contributed by atoms with Crippen molar-refractivity contribution in [2.75, 3.05) is 0 Å². The molecule has 5 rings (SSSR count). The molecule has 0 fully saturated rings. The topological polar surface area (TPSA) is 65.0 Å². The van der Waals surface area contributed by atoms with Crippen molar-refractivity contribution in [3.05, 3.63) is 126 Å². The molecule has 5 nitrogen and oxygen atoms in total. The number of hydrogen-bond acceptors (Lipinski definition) is 5. The molecule has 0 saturated heterocycles. The molecule has 5 heteroatoms. The predicted molar refractivity (Wildman–Crippen MR) is 133 cm³/mol. The highest BCUT2D eigenvalue weighted by molar-refractivity contribution is 5.91. The van der Waals surface area contributed by atoms with Crippen molar-refractivity contribution in [3.8, 4) is 28.4 Å². The van der Waals surface area contributed by atoms with Gasteiger partial charge in [0.15, 0.2) is 6.10 Å². The number of para-hydroxylation sites is 2. The fraction of sp³-hybridized carbons (Fsp3) is 0.100. The molecule has 1 unspecified atom stereocenters. The van der Waals surface area contributed by atoms with E-state index in [1.165, 1.54) is 5.56 Å². The molecule has 0 spiro atoms. The maximum absolute atomic E-state index is 13.0. The van der Waals surface area contributed by atoms with Crippen molar-refractivity contribution in [3.63, 3.8) is 0 Å². The lowest BCUT2D eigenvalue weighted by molar-refractivity contribution is -0.134. The first kappa shape index (κ1) is 22.4. The molecule has 1 atom stereocenters. The smallest absolute Gasteiger partial charge is 0.341 e. The van der Waals surface area contributed by atoms with Crippen molar-refractivity contribution in [2.24, 2.45) is 0 Å². The predicted octanol–water partition coefficient (Wildman–Crippen LogP) is 5.56. The zero-order valence-corrected chi connectivity index (χ0v) is 19.0. The van der Waals surface area contributed by atoms with Crippen LogP contribution in [-0.4, -0.2) is 23.5 Å². The van der Waals surface area contributed by atoms with Gasteiger partial charge in [-0.15, -0.1) is 0 Å². The summed E-state index contributed by atoms with van der Waals surface area (Å²) < 4.78 is 17.5. The van der Waals surface area contributed by atoms with Gasteiger partial charge >= 0.3 is 5.97 Å². The first-order valence-electron chi connectivity index (χ1n) is 11.3. The van der Waals surface area contributed by atoms with E-state index in [9.17, 15) is 9.90 Å². The number of carbonyl (C=O) groups excluding carboxylic acids is 1. The minimum absolute atomic E-state index is 0.171. The van der Waals surface area contributed by atoms with Crippen LogP contribution in [0.25, 0.3) is 11.1 Å². The second-order valence-electron chi connectivity index (χ2n) is 8.21. The van der Waals surface area contributed by atoms with Gasteiger partial charge in [-0.2, -0.15) is 0 Å². The maximum Gasteiger partial charge on any atom is 0.341 e. The van der Waals surface area contributed by atoms with Crippen LogP contribution in [0.1, 0.15) is 11.1 Å². The number of rotatable bonds is 8. The van der Waals surface area contributed by atoms with Crippen LogP contribution in [0, 0.1) is 0 Å². The van der Waals surface area contributed by atoms with E-state index >= 15 is 0 Å². The fourth-order valence-corrected chi connectivity index (χ4v) is 4.09. The zero-order valence-electron chi connectivity index (χ0n) is 19.0. The minimum Gasteiger partial charge on any atom is -0.452 e. The third-order valence-electron chi connectivity index (χ3n) is 5.88. The molecule has 0 radical (unpaired) electrons. The largest absolute Gasteiger partial charge is 0.452 e. The highest BCUT2D eigenvalue weighted by atomic mass is 16.7. The van der Waals surface area contributed by atoms with Gasteiger partial charge in [0.25, 0.3) is 6.29 Å². The Hall–Kier alpha value is -4.35. The number of benzene rings is 4. The van der Waals surface area contributed by atoms with E-state index in [2.05, 4.69) is 18.7 Å². The average molecular weight is 465 g/mol. The quantitative estimate of drug-likeness (QED) is 0.141. The Balaban J connectivity index is 1.35. The molecule has 174 valence electrons. The monoisotopic (exact) mass is 464 g/mol. The van der Waals surface area contributed by atoms with Crippen LogP contribution in [0.4, 0.5) is 0 Å². The van der Waals surface area contributed by atoms with Gasteiger partial charge in [0.2, 0.25) is 0 Å². The normalized spacial score (nSPS) is 12.4. The van der Waals surface area contributed by atoms with E-state index in [1.807, 2.05) is 36.4 Å². The van der Waals surface area contributed by atoms with Crippen molar-refractivity contribution in [1.82, 2.24) is 0 Å². The molecule has 0 aromatic heterocycles. The Bertz CT molecular complexity index is 1310. The van der Waals surface area contributed by atoms with E-state index in [0.717, 1.165) is 16.7 Å². The number of fused-ring (bicyclic) bond motifs is 3. The van der Waals surface area contributed by atoms with Crippen LogP contribution in [0.3, 0.4) is 0 Å². The summed E-state index contributed by atoms with van der Waals surface area (Å²) >= 11 is 0. The number of esters is 1. The Labute approximate surface area is 203 Å². The molecule has 1 aliphatic rings. The van der Waals surface area contributed by atoms with Gasteiger partial charge in [0, 0.05) is 12.0 Å². The summed E-state index contributed by atoms with van der Waals surface area (Å²) in [6, 6.07) is 31.6. The molecular weight excluding hydrogens is 440 g/mol. The minimum atomic E-state index is -1.48. The van der Waals surface area contributed by atoms with Gasteiger partial charge in [0.05, 0.1) is 5.57 Å². The van der Waals surface area contributed by atoms with Crippen molar-refractivity contribution in [2.45, 2.75) is 18.8 Å². The van der Waals surface area contributed by atoms with Gasteiger partial charge in [0.1, 0.15) is 17.2 Å². The molecule has 0 aliphatic heterocycles. The number of aliphatic hydroxyl groups excluding tert-OH is 1. The highest BCUT2D eigenvalue weighted by Crippen LogP contribution is 2.41. The zero-order chi connectivity index (χ0) is 24.2. The lowest BCUT2D eigenvalue weighted by Gasteiger charge is -2.25. The number of ether oxygens (including phenoxy) is 3. The van der Waals surface area contributed by atoms with E-state index in [0.29, 0.717) is 23.7 Å². The molecule has 0 amide bonds. The average Bonchev–Trinajstić information content (AvgIpc) is 3.28. The Kier molecular flexibility index (Phi) is 6.33. The molecule has 0 bridgehead atoms. The van der Waals surface area contributed by atoms with Crippen molar-refractivity contribution >= 4 is 5.97 Å². The van der Waals surface area contributed by atoms with Crippen LogP contribution in [0.5, 0.6) is 17.2 Å².